The van der Waals surface area contributed by atoms with Crippen LogP contribution in [0, 0.1) is 55.4 Å². The van der Waals surface area contributed by atoms with Gasteiger partial charge in [0.2, 0.25) is 0 Å². The largest absolute Gasteiger partial charge is 0.530 e. The maximum absolute atomic E-state index is 6.44. The molecule has 0 saturated carbocycles. The average molecular weight is 731 g/mol. The Morgan fingerprint density at radius 3 is 0.692 bits per heavy atom. The third-order valence-corrected chi connectivity index (χ3v) is 10.7. The van der Waals surface area contributed by atoms with Crippen LogP contribution in [0.25, 0.3) is 11.1 Å². The van der Waals surface area contributed by atoms with Crippen LogP contribution in [0.5, 0.6) is 34.5 Å². The highest BCUT2D eigenvalue weighted by atomic mass is 31.2. The van der Waals surface area contributed by atoms with E-state index in [1.807, 2.05) is 177 Å². The van der Waals surface area contributed by atoms with Crippen LogP contribution in [0.1, 0.15) is 44.5 Å². The molecule has 6 nitrogen and oxygen atoms in total. The van der Waals surface area contributed by atoms with Gasteiger partial charge in [0.15, 0.2) is 0 Å². The molecule has 266 valence electrons. The van der Waals surface area contributed by atoms with Gasteiger partial charge in [-0.05, 0) is 135 Å². The molecule has 0 unspecified atom stereocenters. The first-order valence-electron chi connectivity index (χ1n) is 17.2. The molecule has 52 heavy (non-hydrogen) atoms. The summed E-state index contributed by atoms with van der Waals surface area (Å²) < 4.78 is 38.6. The second-order valence-electron chi connectivity index (χ2n) is 12.9. The summed E-state index contributed by atoms with van der Waals surface area (Å²) in [5, 5.41) is 0. The molecule has 0 aliphatic heterocycles. The fourth-order valence-electron chi connectivity index (χ4n) is 5.77. The molecular formula is C44H44O6P2. The Kier molecular flexibility index (Phi) is 11.7. The zero-order valence-corrected chi connectivity index (χ0v) is 32.7. The van der Waals surface area contributed by atoms with Crippen molar-refractivity contribution in [2.75, 3.05) is 0 Å². The summed E-state index contributed by atoms with van der Waals surface area (Å²) in [4.78, 5) is 0. The zero-order valence-electron chi connectivity index (χ0n) is 30.9. The average Bonchev–Trinajstić information content (AvgIpc) is 3.12. The van der Waals surface area contributed by atoms with Crippen LogP contribution in [0.15, 0.2) is 121 Å². The molecule has 0 aliphatic rings. The summed E-state index contributed by atoms with van der Waals surface area (Å²) >= 11 is 0. The van der Waals surface area contributed by atoms with Crippen LogP contribution in [-0.2, 0) is 0 Å². The van der Waals surface area contributed by atoms with E-state index in [4.69, 9.17) is 27.1 Å². The first kappa shape index (κ1) is 36.8. The van der Waals surface area contributed by atoms with E-state index in [1.165, 1.54) is 0 Å². The van der Waals surface area contributed by atoms with E-state index in [2.05, 4.69) is 0 Å². The van der Waals surface area contributed by atoms with Crippen molar-refractivity contribution < 1.29 is 27.1 Å². The minimum Gasteiger partial charge on any atom is -0.409 e. The van der Waals surface area contributed by atoms with Crippen molar-refractivity contribution >= 4 is 17.2 Å². The Morgan fingerprint density at radius 1 is 0.269 bits per heavy atom. The molecule has 0 bridgehead atoms. The lowest BCUT2D eigenvalue weighted by Crippen LogP contribution is -2.05. The smallest absolute Gasteiger partial charge is 0.409 e. The summed E-state index contributed by atoms with van der Waals surface area (Å²) in [6.07, 6.45) is 0. The molecule has 0 amide bonds. The molecule has 0 N–H and O–H groups in total. The first-order valence-corrected chi connectivity index (χ1v) is 19.4. The second kappa shape index (κ2) is 16.5. The molecule has 0 aromatic heterocycles. The van der Waals surface area contributed by atoms with Crippen LogP contribution in [0.4, 0.5) is 0 Å². The van der Waals surface area contributed by atoms with E-state index in [9.17, 15) is 0 Å². The van der Waals surface area contributed by atoms with Gasteiger partial charge in [-0.25, -0.2) is 0 Å². The molecule has 0 heterocycles. The normalized spacial score (nSPS) is 11.0. The second-order valence-corrected chi connectivity index (χ2v) is 14.9. The predicted octanol–water partition coefficient (Wildman–Crippen LogP) is 13.3. The van der Waals surface area contributed by atoms with E-state index < -0.39 is 17.2 Å². The highest BCUT2D eigenvalue weighted by molar-refractivity contribution is 7.43. The van der Waals surface area contributed by atoms with Crippen molar-refractivity contribution in [3.63, 3.8) is 0 Å². The van der Waals surface area contributed by atoms with Crippen molar-refractivity contribution in [1.29, 1.82) is 0 Å². The van der Waals surface area contributed by atoms with E-state index in [1.54, 1.807) is 0 Å². The standard InChI is InChI=1S/C44H44O6P2/c1-29-13-9-14-30(2)41(29)47-51(48-42-31(3)15-10-16-32(42)4)45-39-25-21-37(22-26-39)38-23-27-40(28-24-38)46-52(49-43-33(5)17-11-18-34(43)6)50-44-35(7)19-12-20-36(44)8/h9-28H,1-8H3. The van der Waals surface area contributed by atoms with E-state index in [0.717, 1.165) is 78.6 Å². The van der Waals surface area contributed by atoms with Gasteiger partial charge in [0.05, 0.1) is 0 Å². The Bertz CT molecular complexity index is 1800. The molecule has 0 spiro atoms. The van der Waals surface area contributed by atoms with Crippen molar-refractivity contribution in [3.05, 3.63) is 166 Å². The maximum Gasteiger partial charge on any atom is 0.530 e. The minimum absolute atomic E-state index is 0.644. The summed E-state index contributed by atoms with van der Waals surface area (Å²) in [6, 6.07) is 40.1. The molecule has 8 heteroatoms. The number of hydrogen-bond acceptors (Lipinski definition) is 6. The summed E-state index contributed by atoms with van der Waals surface area (Å²) in [5.41, 5.74) is 10.2. The summed E-state index contributed by atoms with van der Waals surface area (Å²) in [6.45, 7) is 16.2. The Balaban J connectivity index is 1.19. The van der Waals surface area contributed by atoms with Gasteiger partial charge in [-0.1, -0.05) is 97.1 Å². The fraction of sp³-hybridized carbons (Fsp3) is 0.182. The van der Waals surface area contributed by atoms with E-state index in [-0.39, 0.29) is 0 Å². The molecule has 0 radical (unpaired) electrons. The van der Waals surface area contributed by atoms with Crippen LogP contribution >= 0.6 is 17.2 Å². The van der Waals surface area contributed by atoms with Gasteiger partial charge in [-0.3, -0.25) is 0 Å². The summed E-state index contributed by atoms with van der Waals surface area (Å²) in [7, 11) is -3.63. The van der Waals surface area contributed by atoms with Crippen LogP contribution in [0.3, 0.4) is 0 Å². The fourth-order valence-corrected chi connectivity index (χ4v) is 8.33. The van der Waals surface area contributed by atoms with Gasteiger partial charge in [0.25, 0.3) is 0 Å². The topological polar surface area (TPSA) is 55.4 Å². The maximum atomic E-state index is 6.44. The molecule has 0 aliphatic carbocycles. The van der Waals surface area contributed by atoms with E-state index >= 15 is 0 Å². The number of hydrogen-bond donors (Lipinski definition) is 0. The molecule has 0 fully saturated rings. The first-order chi connectivity index (χ1) is 25.0. The quantitative estimate of drug-likeness (QED) is 0.110. The van der Waals surface area contributed by atoms with Crippen LogP contribution in [-0.4, -0.2) is 0 Å². The molecule has 0 atom stereocenters. The third kappa shape index (κ3) is 8.88. The van der Waals surface area contributed by atoms with Crippen molar-refractivity contribution in [2.45, 2.75) is 55.4 Å². The number of aryl methyl sites for hydroxylation is 8. The zero-order chi connectivity index (χ0) is 36.8. The lowest BCUT2D eigenvalue weighted by molar-refractivity contribution is 0.383. The molecule has 0 saturated heterocycles. The number of benzene rings is 6. The van der Waals surface area contributed by atoms with Gasteiger partial charge < -0.3 is 27.1 Å². The van der Waals surface area contributed by atoms with Gasteiger partial charge >= 0.3 is 17.2 Å². The number of rotatable bonds is 13. The molecule has 6 aromatic rings. The van der Waals surface area contributed by atoms with Crippen molar-refractivity contribution in [2.24, 2.45) is 0 Å². The number of para-hydroxylation sites is 4. The molecule has 6 aromatic carbocycles. The third-order valence-electron chi connectivity index (χ3n) is 8.70. The van der Waals surface area contributed by atoms with E-state index in [0.29, 0.717) is 11.5 Å². The van der Waals surface area contributed by atoms with Gasteiger partial charge in [-0.15, -0.1) is 0 Å². The van der Waals surface area contributed by atoms with Gasteiger partial charge in [0, 0.05) is 0 Å². The SMILES string of the molecule is Cc1cccc(C)c1OP(Oc1ccc(-c2ccc(OP(Oc3c(C)cccc3C)Oc3c(C)cccc3C)cc2)cc1)Oc1c(C)cccc1C. The van der Waals surface area contributed by atoms with Gasteiger partial charge in [-0.2, -0.15) is 0 Å². The van der Waals surface area contributed by atoms with Crippen LogP contribution < -0.4 is 27.1 Å². The predicted molar refractivity (Wildman–Crippen MR) is 213 cm³/mol. The van der Waals surface area contributed by atoms with Crippen molar-refractivity contribution in [1.82, 2.24) is 0 Å². The molecule has 6 rings (SSSR count). The highest BCUT2D eigenvalue weighted by Gasteiger charge is 2.25. The lowest BCUT2D eigenvalue weighted by atomic mass is 10.1. The Morgan fingerprint density at radius 2 is 0.481 bits per heavy atom. The minimum atomic E-state index is -1.82. The lowest BCUT2D eigenvalue weighted by Gasteiger charge is -2.22. The van der Waals surface area contributed by atoms with Crippen LogP contribution in [0.2, 0.25) is 0 Å². The summed E-state index contributed by atoms with van der Waals surface area (Å²) in [5.74, 6) is 4.35. The van der Waals surface area contributed by atoms with Gasteiger partial charge in [0.1, 0.15) is 34.5 Å². The highest BCUT2D eigenvalue weighted by Crippen LogP contribution is 2.47. The van der Waals surface area contributed by atoms with Crippen molar-refractivity contribution in [3.8, 4) is 45.6 Å². The monoisotopic (exact) mass is 730 g/mol. The Hall–Kier alpha value is -5.02. The Labute approximate surface area is 310 Å². The molecular weight excluding hydrogens is 686 g/mol.